The molecule has 0 saturated heterocycles. The summed E-state index contributed by atoms with van der Waals surface area (Å²) < 4.78 is 12.1. The third-order valence-electron chi connectivity index (χ3n) is 4.43. The maximum absolute atomic E-state index is 12.2. The van der Waals surface area contributed by atoms with Crippen LogP contribution in [-0.4, -0.2) is 66.7 Å². The van der Waals surface area contributed by atoms with Crippen LogP contribution in [-0.2, 0) is 6.54 Å². The van der Waals surface area contributed by atoms with Crippen molar-refractivity contribution in [1.29, 1.82) is 0 Å². The number of anilines is 1. The molecule has 3 aromatic rings. The summed E-state index contributed by atoms with van der Waals surface area (Å²) in [6.07, 6.45) is 0. The number of amides is 3. The highest BCUT2D eigenvalue weighted by atomic mass is 16.5. The third-order valence-corrected chi connectivity index (χ3v) is 4.43. The molecule has 0 unspecified atom stereocenters. The van der Waals surface area contributed by atoms with E-state index in [1.165, 1.54) is 12.0 Å². The monoisotopic (exact) mass is 412 g/mol. The van der Waals surface area contributed by atoms with Gasteiger partial charge in [-0.15, -0.1) is 5.10 Å². The zero-order valence-corrected chi connectivity index (χ0v) is 17.3. The Labute approximate surface area is 173 Å². The smallest absolute Gasteiger partial charge is 0.319 e. The lowest BCUT2D eigenvalue weighted by Crippen LogP contribution is -2.31. The number of fused-ring (bicyclic) bond motifs is 1. The molecular weight excluding hydrogens is 388 g/mol. The lowest BCUT2D eigenvalue weighted by molar-refractivity contribution is 0.0827. The van der Waals surface area contributed by atoms with E-state index in [0.717, 1.165) is 5.52 Å². The minimum Gasteiger partial charge on any atom is -0.497 e. The molecule has 0 bridgehead atoms. The number of nitrogens with one attached hydrogen (secondary N) is 2. The van der Waals surface area contributed by atoms with Crippen LogP contribution < -0.4 is 20.1 Å². The Morgan fingerprint density at radius 3 is 2.60 bits per heavy atom. The van der Waals surface area contributed by atoms with Gasteiger partial charge in [0.1, 0.15) is 17.0 Å². The summed E-state index contributed by atoms with van der Waals surface area (Å²) >= 11 is 0. The number of ether oxygens (including phenoxy) is 2. The first-order valence-electron chi connectivity index (χ1n) is 9.24. The molecule has 0 spiro atoms. The second-order valence-corrected chi connectivity index (χ2v) is 6.66. The molecule has 0 aliphatic rings. The van der Waals surface area contributed by atoms with Crippen LogP contribution in [0.5, 0.6) is 11.5 Å². The van der Waals surface area contributed by atoms with Gasteiger partial charge in [0.15, 0.2) is 0 Å². The summed E-state index contributed by atoms with van der Waals surface area (Å²) in [5.74, 6) is 1.03. The fourth-order valence-electron chi connectivity index (χ4n) is 2.88. The molecule has 10 nitrogen and oxygen atoms in total. The van der Waals surface area contributed by atoms with Crippen molar-refractivity contribution in [3.63, 3.8) is 0 Å². The van der Waals surface area contributed by atoms with Crippen LogP contribution in [0.3, 0.4) is 0 Å². The van der Waals surface area contributed by atoms with Gasteiger partial charge in [0, 0.05) is 32.3 Å². The third kappa shape index (κ3) is 4.59. The van der Waals surface area contributed by atoms with Crippen molar-refractivity contribution in [1.82, 2.24) is 25.2 Å². The molecule has 10 heteroatoms. The van der Waals surface area contributed by atoms with Crippen molar-refractivity contribution in [2.75, 3.05) is 40.2 Å². The molecule has 0 aliphatic heterocycles. The second kappa shape index (κ2) is 9.12. The van der Waals surface area contributed by atoms with E-state index >= 15 is 0 Å². The van der Waals surface area contributed by atoms with Gasteiger partial charge in [-0.25, -0.2) is 9.48 Å². The molecule has 0 radical (unpaired) electrons. The summed E-state index contributed by atoms with van der Waals surface area (Å²) in [6, 6.07) is 9.99. The van der Waals surface area contributed by atoms with Crippen LogP contribution in [0.1, 0.15) is 10.4 Å². The lowest BCUT2D eigenvalue weighted by atomic mass is 10.2. The average Bonchev–Trinajstić information content (AvgIpc) is 3.15. The molecule has 0 fully saturated rings. The van der Waals surface area contributed by atoms with Gasteiger partial charge in [-0.3, -0.25) is 4.79 Å². The minimum atomic E-state index is -0.384. The topological polar surface area (TPSA) is 111 Å². The van der Waals surface area contributed by atoms with Gasteiger partial charge in [0.25, 0.3) is 5.91 Å². The predicted molar refractivity (Wildman–Crippen MR) is 112 cm³/mol. The molecular formula is C20H24N6O4. The first-order chi connectivity index (χ1) is 14.4. The number of carbonyl (C=O) groups excluding carboxylic acids is 2. The number of hydrogen-bond acceptors (Lipinski definition) is 6. The second-order valence-electron chi connectivity index (χ2n) is 6.66. The van der Waals surface area contributed by atoms with Crippen molar-refractivity contribution in [2.24, 2.45) is 0 Å². The minimum absolute atomic E-state index is 0.0993. The zero-order chi connectivity index (χ0) is 21.7. The summed E-state index contributed by atoms with van der Waals surface area (Å²) in [6.45, 7) is 0.745. The molecule has 30 heavy (non-hydrogen) atoms. The van der Waals surface area contributed by atoms with Crippen molar-refractivity contribution in [3.8, 4) is 11.5 Å². The first-order valence-corrected chi connectivity index (χ1v) is 9.24. The van der Waals surface area contributed by atoms with E-state index in [9.17, 15) is 9.59 Å². The highest BCUT2D eigenvalue weighted by Crippen LogP contribution is 2.28. The number of carbonyl (C=O) groups is 2. The van der Waals surface area contributed by atoms with E-state index in [1.807, 2.05) is 0 Å². The molecule has 2 N–H and O–H groups in total. The molecule has 3 amide bonds. The fraction of sp³-hybridized carbons (Fsp3) is 0.300. The molecule has 2 aromatic carbocycles. The average molecular weight is 412 g/mol. The molecule has 3 rings (SSSR count). The number of urea groups is 1. The maximum Gasteiger partial charge on any atom is 0.319 e. The fourth-order valence-corrected chi connectivity index (χ4v) is 2.88. The van der Waals surface area contributed by atoms with Crippen LogP contribution in [0.25, 0.3) is 11.0 Å². The molecule has 1 aromatic heterocycles. The number of benzene rings is 2. The largest absolute Gasteiger partial charge is 0.497 e. The maximum atomic E-state index is 12.2. The van der Waals surface area contributed by atoms with Crippen LogP contribution >= 0.6 is 0 Å². The van der Waals surface area contributed by atoms with Gasteiger partial charge < -0.3 is 25.0 Å². The van der Waals surface area contributed by atoms with Gasteiger partial charge >= 0.3 is 6.03 Å². The SMILES string of the molecule is COc1ccc(OC)c(NC(=O)NCCn2nnc3cc(C(=O)N(C)C)ccc32)c1. The Hall–Kier alpha value is -3.82. The molecule has 158 valence electrons. The van der Waals surface area contributed by atoms with E-state index in [0.29, 0.717) is 41.4 Å². The van der Waals surface area contributed by atoms with E-state index in [1.54, 1.807) is 62.3 Å². The standard InChI is InChI=1S/C20H24N6O4/c1-25(2)19(27)13-5-7-17-15(11-13)23-24-26(17)10-9-21-20(28)22-16-12-14(29-3)6-8-18(16)30-4/h5-8,11-12H,9-10H2,1-4H3,(H2,21,22,28). The Balaban J connectivity index is 1.61. The van der Waals surface area contributed by atoms with Crippen molar-refractivity contribution >= 4 is 28.7 Å². The Bertz CT molecular complexity index is 1060. The van der Waals surface area contributed by atoms with Gasteiger partial charge in [0.2, 0.25) is 0 Å². The molecule has 0 aliphatic carbocycles. The molecule has 0 atom stereocenters. The van der Waals surface area contributed by atoms with Crippen LogP contribution in [0.4, 0.5) is 10.5 Å². The van der Waals surface area contributed by atoms with Crippen LogP contribution in [0, 0.1) is 0 Å². The summed E-state index contributed by atoms with van der Waals surface area (Å²) in [7, 11) is 6.47. The first kappa shape index (κ1) is 20.9. The Kier molecular flexibility index (Phi) is 6.35. The number of nitrogens with zero attached hydrogens (tertiary/aromatic N) is 4. The summed E-state index contributed by atoms with van der Waals surface area (Å²) in [5, 5.41) is 13.7. The summed E-state index contributed by atoms with van der Waals surface area (Å²) in [4.78, 5) is 25.8. The van der Waals surface area contributed by atoms with Crippen molar-refractivity contribution < 1.29 is 19.1 Å². The van der Waals surface area contributed by atoms with Gasteiger partial charge in [-0.2, -0.15) is 0 Å². The van der Waals surface area contributed by atoms with Gasteiger partial charge in [0.05, 0.1) is 32.0 Å². The highest BCUT2D eigenvalue weighted by molar-refractivity contribution is 5.97. The highest BCUT2D eigenvalue weighted by Gasteiger charge is 2.12. The molecule has 0 saturated carbocycles. The lowest BCUT2D eigenvalue weighted by Gasteiger charge is -2.12. The van der Waals surface area contributed by atoms with Crippen LogP contribution in [0.2, 0.25) is 0 Å². The van der Waals surface area contributed by atoms with E-state index < -0.39 is 0 Å². The van der Waals surface area contributed by atoms with E-state index in [4.69, 9.17) is 9.47 Å². The van der Waals surface area contributed by atoms with E-state index in [-0.39, 0.29) is 11.9 Å². The predicted octanol–water partition coefficient (Wildman–Crippen LogP) is 1.97. The number of hydrogen-bond donors (Lipinski definition) is 2. The van der Waals surface area contributed by atoms with Gasteiger partial charge in [-0.05, 0) is 30.3 Å². The number of rotatable bonds is 7. The van der Waals surface area contributed by atoms with Gasteiger partial charge in [-0.1, -0.05) is 5.21 Å². The quantitative estimate of drug-likeness (QED) is 0.614. The van der Waals surface area contributed by atoms with Crippen LogP contribution in [0.15, 0.2) is 36.4 Å². The Morgan fingerprint density at radius 2 is 1.90 bits per heavy atom. The zero-order valence-electron chi connectivity index (χ0n) is 17.3. The number of methoxy groups -OCH3 is 2. The normalized spacial score (nSPS) is 10.5. The van der Waals surface area contributed by atoms with Crippen molar-refractivity contribution in [3.05, 3.63) is 42.0 Å². The van der Waals surface area contributed by atoms with E-state index in [2.05, 4.69) is 20.9 Å². The number of aromatic nitrogens is 3. The van der Waals surface area contributed by atoms with Crippen molar-refractivity contribution in [2.45, 2.75) is 6.54 Å². The Morgan fingerprint density at radius 1 is 1.10 bits per heavy atom. The summed E-state index contributed by atoms with van der Waals surface area (Å²) in [5.41, 5.74) is 2.44. The molecule has 1 heterocycles.